The fourth-order valence-electron chi connectivity index (χ4n) is 2.45. The average Bonchev–Trinajstić information content (AvgIpc) is 3.23. The summed E-state index contributed by atoms with van der Waals surface area (Å²) in [4.78, 5) is 13.8. The summed E-state index contributed by atoms with van der Waals surface area (Å²) in [6, 6.07) is 10.3. The molecule has 23 heavy (non-hydrogen) atoms. The lowest BCUT2D eigenvalue weighted by Gasteiger charge is -2.08. The molecule has 1 amide bonds. The standard InChI is InChI=1S/C18H18FNO2S/c19-14-5-3-13(4-6-14)17-9-7-16(23-17)8-10-18(21)20-12-15-2-1-11-22-15/h3-10,15H,1-2,11-12H2,(H,20,21)/b10-8+. The summed E-state index contributed by atoms with van der Waals surface area (Å²) < 4.78 is 18.4. The van der Waals surface area contributed by atoms with Gasteiger partial charge in [-0.15, -0.1) is 11.3 Å². The molecule has 0 spiro atoms. The third-order valence-corrected chi connectivity index (χ3v) is 4.78. The van der Waals surface area contributed by atoms with Crippen LogP contribution in [0.15, 0.2) is 42.5 Å². The van der Waals surface area contributed by atoms with E-state index in [4.69, 9.17) is 4.74 Å². The Morgan fingerprint density at radius 3 is 2.87 bits per heavy atom. The molecule has 3 nitrogen and oxygen atoms in total. The molecule has 0 bridgehead atoms. The predicted octanol–water partition coefficient (Wildman–Crippen LogP) is 3.86. The molecule has 1 aromatic carbocycles. The molecule has 0 saturated carbocycles. The van der Waals surface area contributed by atoms with Crippen molar-refractivity contribution in [2.45, 2.75) is 18.9 Å². The number of halogens is 1. The normalized spacial score (nSPS) is 17.7. The van der Waals surface area contributed by atoms with Crippen molar-refractivity contribution in [1.82, 2.24) is 5.32 Å². The molecule has 1 aromatic heterocycles. The van der Waals surface area contributed by atoms with E-state index in [1.165, 1.54) is 18.2 Å². The van der Waals surface area contributed by atoms with Gasteiger partial charge in [0.15, 0.2) is 0 Å². The number of rotatable bonds is 5. The molecule has 2 heterocycles. The Balaban J connectivity index is 1.55. The molecule has 1 unspecified atom stereocenters. The van der Waals surface area contributed by atoms with Gasteiger partial charge in [-0.2, -0.15) is 0 Å². The summed E-state index contributed by atoms with van der Waals surface area (Å²) in [5.74, 6) is -0.356. The highest BCUT2D eigenvalue weighted by Gasteiger charge is 2.15. The van der Waals surface area contributed by atoms with Crippen molar-refractivity contribution in [2.24, 2.45) is 0 Å². The van der Waals surface area contributed by atoms with Crippen LogP contribution in [0.1, 0.15) is 17.7 Å². The minimum atomic E-state index is -0.242. The van der Waals surface area contributed by atoms with Crippen LogP contribution in [-0.2, 0) is 9.53 Å². The number of nitrogens with one attached hydrogen (secondary N) is 1. The number of amides is 1. The molecule has 1 fully saturated rings. The van der Waals surface area contributed by atoms with Crippen molar-refractivity contribution >= 4 is 23.3 Å². The van der Waals surface area contributed by atoms with Crippen molar-refractivity contribution in [3.05, 3.63) is 53.2 Å². The lowest BCUT2D eigenvalue weighted by atomic mass is 10.2. The molecule has 3 rings (SSSR count). The van der Waals surface area contributed by atoms with Gasteiger partial charge in [-0.3, -0.25) is 4.79 Å². The molecule has 0 radical (unpaired) electrons. The highest BCUT2D eigenvalue weighted by molar-refractivity contribution is 7.16. The van der Waals surface area contributed by atoms with Crippen LogP contribution in [0.25, 0.3) is 16.5 Å². The number of carbonyl (C=O) groups excluding carboxylic acids is 1. The third kappa shape index (κ3) is 4.50. The molecular formula is C18H18FNO2S. The Hall–Kier alpha value is -1.98. The van der Waals surface area contributed by atoms with Gasteiger partial charge >= 0.3 is 0 Å². The van der Waals surface area contributed by atoms with E-state index in [0.29, 0.717) is 6.54 Å². The van der Waals surface area contributed by atoms with Crippen LogP contribution < -0.4 is 5.32 Å². The van der Waals surface area contributed by atoms with E-state index in [2.05, 4.69) is 5.32 Å². The SMILES string of the molecule is O=C(/C=C/c1ccc(-c2ccc(F)cc2)s1)NCC1CCCO1. The van der Waals surface area contributed by atoms with Gasteiger partial charge in [0.05, 0.1) is 6.10 Å². The molecule has 0 aliphatic carbocycles. The van der Waals surface area contributed by atoms with Gasteiger partial charge in [0.1, 0.15) is 5.82 Å². The summed E-state index contributed by atoms with van der Waals surface area (Å²) >= 11 is 1.56. The van der Waals surface area contributed by atoms with Gasteiger partial charge in [-0.05, 0) is 48.7 Å². The van der Waals surface area contributed by atoms with Crippen LogP contribution in [0, 0.1) is 5.82 Å². The molecule has 1 aliphatic heterocycles. The van der Waals surface area contributed by atoms with Gasteiger partial charge in [-0.25, -0.2) is 4.39 Å². The highest BCUT2D eigenvalue weighted by atomic mass is 32.1. The van der Waals surface area contributed by atoms with E-state index >= 15 is 0 Å². The first kappa shape index (κ1) is 15.9. The van der Waals surface area contributed by atoms with Gasteiger partial charge in [0.2, 0.25) is 5.91 Å². The minimum absolute atomic E-state index is 0.114. The molecular weight excluding hydrogens is 313 g/mol. The van der Waals surface area contributed by atoms with Crippen LogP contribution >= 0.6 is 11.3 Å². The zero-order valence-electron chi connectivity index (χ0n) is 12.6. The van der Waals surface area contributed by atoms with Crippen molar-refractivity contribution in [3.8, 4) is 10.4 Å². The smallest absolute Gasteiger partial charge is 0.244 e. The second kappa shape index (κ2) is 7.53. The predicted molar refractivity (Wildman–Crippen MR) is 90.7 cm³/mol. The van der Waals surface area contributed by atoms with Crippen molar-refractivity contribution in [1.29, 1.82) is 0 Å². The molecule has 1 atom stereocenters. The topological polar surface area (TPSA) is 38.3 Å². The molecule has 5 heteroatoms. The fourth-order valence-corrected chi connectivity index (χ4v) is 3.36. The molecule has 1 aliphatic rings. The highest BCUT2D eigenvalue weighted by Crippen LogP contribution is 2.28. The fraction of sp³-hybridized carbons (Fsp3) is 0.278. The van der Waals surface area contributed by atoms with Crippen LogP contribution in [0.4, 0.5) is 4.39 Å². The van der Waals surface area contributed by atoms with Gasteiger partial charge in [-0.1, -0.05) is 12.1 Å². The lowest BCUT2D eigenvalue weighted by Crippen LogP contribution is -2.30. The number of carbonyl (C=O) groups is 1. The zero-order chi connectivity index (χ0) is 16.1. The molecule has 1 N–H and O–H groups in total. The second-order valence-electron chi connectivity index (χ2n) is 5.42. The summed E-state index contributed by atoms with van der Waals surface area (Å²) in [6.07, 6.45) is 5.56. The quantitative estimate of drug-likeness (QED) is 0.845. The molecule has 1 saturated heterocycles. The Morgan fingerprint density at radius 1 is 1.30 bits per heavy atom. The molecule has 120 valence electrons. The minimum Gasteiger partial charge on any atom is -0.376 e. The average molecular weight is 331 g/mol. The zero-order valence-corrected chi connectivity index (χ0v) is 13.4. The first-order valence-corrected chi connectivity index (χ1v) is 8.46. The third-order valence-electron chi connectivity index (χ3n) is 3.68. The molecule has 2 aromatic rings. The number of benzene rings is 1. The Kier molecular flexibility index (Phi) is 5.20. The second-order valence-corrected chi connectivity index (χ2v) is 6.54. The largest absolute Gasteiger partial charge is 0.376 e. The van der Waals surface area contributed by atoms with E-state index in [0.717, 1.165) is 34.8 Å². The maximum absolute atomic E-state index is 12.9. The van der Waals surface area contributed by atoms with E-state index in [9.17, 15) is 9.18 Å². The monoisotopic (exact) mass is 331 g/mol. The Morgan fingerprint density at radius 2 is 2.13 bits per heavy atom. The summed E-state index contributed by atoms with van der Waals surface area (Å²) in [5.41, 5.74) is 0.971. The van der Waals surface area contributed by atoms with E-state index in [1.54, 1.807) is 29.5 Å². The first-order chi connectivity index (χ1) is 11.2. The maximum atomic E-state index is 12.9. The first-order valence-electron chi connectivity index (χ1n) is 7.64. The summed E-state index contributed by atoms with van der Waals surface area (Å²) in [5, 5.41) is 2.85. The Bertz CT molecular complexity index is 687. The number of hydrogen-bond acceptors (Lipinski definition) is 3. The maximum Gasteiger partial charge on any atom is 0.244 e. The summed E-state index contributed by atoms with van der Waals surface area (Å²) in [6.45, 7) is 1.35. The van der Waals surface area contributed by atoms with Gasteiger partial charge < -0.3 is 10.1 Å². The van der Waals surface area contributed by atoms with Crippen molar-refractivity contribution in [2.75, 3.05) is 13.2 Å². The summed E-state index contributed by atoms with van der Waals surface area (Å²) in [7, 11) is 0. The van der Waals surface area contributed by atoms with Crippen LogP contribution in [0.5, 0.6) is 0 Å². The van der Waals surface area contributed by atoms with Crippen molar-refractivity contribution < 1.29 is 13.9 Å². The van der Waals surface area contributed by atoms with Crippen LogP contribution in [0.2, 0.25) is 0 Å². The number of hydrogen-bond donors (Lipinski definition) is 1. The lowest BCUT2D eigenvalue weighted by molar-refractivity contribution is -0.116. The van der Waals surface area contributed by atoms with Gasteiger partial charge in [0.25, 0.3) is 0 Å². The Labute approximate surface area is 138 Å². The van der Waals surface area contributed by atoms with Crippen LogP contribution in [0.3, 0.4) is 0 Å². The van der Waals surface area contributed by atoms with E-state index < -0.39 is 0 Å². The van der Waals surface area contributed by atoms with Crippen molar-refractivity contribution in [3.63, 3.8) is 0 Å². The van der Waals surface area contributed by atoms with E-state index in [-0.39, 0.29) is 17.8 Å². The van der Waals surface area contributed by atoms with Crippen LogP contribution in [-0.4, -0.2) is 25.2 Å². The number of ether oxygens (including phenoxy) is 1. The van der Waals surface area contributed by atoms with Gasteiger partial charge in [0, 0.05) is 29.0 Å². The van der Waals surface area contributed by atoms with E-state index in [1.807, 2.05) is 12.1 Å². The number of thiophene rings is 1.